The Morgan fingerprint density at radius 1 is 1.16 bits per heavy atom. The quantitative estimate of drug-likeness (QED) is 0.768. The smallest absolute Gasteiger partial charge is 0.344 e. The number of hydrogen-bond donors (Lipinski definition) is 1. The van der Waals surface area contributed by atoms with E-state index in [-0.39, 0.29) is 6.61 Å². The molecule has 0 unspecified atom stereocenters. The summed E-state index contributed by atoms with van der Waals surface area (Å²) in [5.74, 6) is -0.502. The molecule has 0 saturated heterocycles. The molecule has 0 atom stereocenters. The van der Waals surface area contributed by atoms with Crippen molar-refractivity contribution in [2.75, 3.05) is 13.2 Å². The molecule has 134 valence electrons. The first-order valence-electron chi connectivity index (χ1n) is 8.66. The lowest BCUT2D eigenvalue weighted by molar-refractivity contribution is -0.150. The number of carbonyl (C=O) groups is 2. The number of rotatable bonds is 7. The van der Waals surface area contributed by atoms with E-state index in [2.05, 4.69) is 18.3 Å². The van der Waals surface area contributed by atoms with E-state index in [0.717, 1.165) is 25.7 Å². The van der Waals surface area contributed by atoms with Crippen molar-refractivity contribution in [1.82, 2.24) is 5.32 Å². The number of benzene rings is 1. The number of nitrogens with one attached hydrogen (secondary N) is 1. The van der Waals surface area contributed by atoms with Gasteiger partial charge in [0.15, 0.2) is 13.2 Å². The second-order valence-electron chi connectivity index (χ2n) is 6.25. The van der Waals surface area contributed by atoms with Crippen molar-refractivity contribution in [2.24, 2.45) is 0 Å². The molecule has 1 saturated carbocycles. The van der Waals surface area contributed by atoms with Gasteiger partial charge in [0.05, 0.1) is 6.07 Å². The third kappa shape index (κ3) is 5.79. The Bertz CT molecular complexity index is 628. The van der Waals surface area contributed by atoms with Crippen LogP contribution in [0, 0.1) is 11.3 Å². The Morgan fingerprint density at radius 2 is 1.84 bits per heavy atom. The van der Waals surface area contributed by atoms with Crippen molar-refractivity contribution < 1.29 is 19.1 Å². The van der Waals surface area contributed by atoms with Gasteiger partial charge in [-0.3, -0.25) is 4.79 Å². The van der Waals surface area contributed by atoms with Gasteiger partial charge >= 0.3 is 5.97 Å². The van der Waals surface area contributed by atoms with Crippen LogP contribution in [0.3, 0.4) is 0 Å². The van der Waals surface area contributed by atoms with Crippen molar-refractivity contribution in [1.29, 1.82) is 5.26 Å². The SMILES string of the molecule is CCc1ccc(OCC(=O)OCC(=O)NC2(C#N)CCCCC2)cc1. The van der Waals surface area contributed by atoms with Gasteiger partial charge in [-0.2, -0.15) is 5.26 Å². The van der Waals surface area contributed by atoms with Gasteiger partial charge in [0.1, 0.15) is 11.3 Å². The fourth-order valence-electron chi connectivity index (χ4n) is 2.87. The van der Waals surface area contributed by atoms with E-state index < -0.39 is 24.0 Å². The van der Waals surface area contributed by atoms with Crippen molar-refractivity contribution in [3.05, 3.63) is 29.8 Å². The lowest BCUT2D eigenvalue weighted by Gasteiger charge is -2.31. The second kappa shape index (κ2) is 9.07. The molecular weight excluding hydrogens is 320 g/mol. The Kier molecular flexibility index (Phi) is 6.81. The van der Waals surface area contributed by atoms with Crippen molar-refractivity contribution in [3.8, 4) is 11.8 Å². The molecule has 1 aromatic carbocycles. The van der Waals surface area contributed by atoms with E-state index in [0.29, 0.717) is 18.6 Å². The molecule has 1 N–H and O–H groups in total. The van der Waals surface area contributed by atoms with Crippen LogP contribution in [0.5, 0.6) is 5.75 Å². The van der Waals surface area contributed by atoms with Gasteiger partial charge < -0.3 is 14.8 Å². The maximum Gasteiger partial charge on any atom is 0.344 e. The zero-order valence-corrected chi connectivity index (χ0v) is 14.5. The number of amides is 1. The minimum Gasteiger partial charge on any atom is -0.482 e. The van der Waals surface area contributed by atoms with Crippen molar-refractivity contribution in [2.45, 2.75) is 51.0 Å². The predicted octanol–water partition coefficient (Wildman–Crippen LogP) is 2.51. The van der Waals surface area contributed by atoms with Gasteiger partial charge in [-0.25, -0.2) is 4.79 Å². The molecule has 1 amide bonds. The largest absolute Gasteiger partial charge is 0.482 e. The molecule has 1 aliphatic carbocycles. The minimum atomic E-state index is -0.820. The van der Waals surface area contributed by atoms with Crippen molar-refractivity contribution in [3.63, 3.8) is 0 Å². The number of carbonyl (C=O) groups excluding carboxylic acids is 2. The molecule has 0 heterocycles. The zero-order valence-electron chi connectivity index (χ0n) is 14.5. The minimum absolute atomic E-state index is 0.262. The molecule has 0 spiro atoms. The number of aryl methyl sites for hydroxylation is 1. The van der Waals surface area contributed by atoms with Crippen LogP contribution >= 0.6 is 0 Å². The highest BCUT2D eigenvalue weighted by atomic mass is 16.6. The number of ether oxygens (including phenoxy) is 2. The van der Waals surface area contributed by atoms with Gasteiger partial charge in [0, 0.05) is 0 Å². The third-order valence-electron chi connectivity index (χ3n) is 4.35. The molecule has 2 rings (SSSR count). The molecule has 0 radical (unpaired) electrons. The van der Waals surface area contributed by atoms with Gasteiger partial charge in [-0.15, -0.1) is 0 Å². The lowest BCUT2D eigenvalue weighted by atomic mass is 9.83. The summed E-state index contributed by atoms with van der Waals surface area (Å²) in [6, 6.07) is 9.64. The fourth-order valence-corrected chi connectivity index (χ4v) is 2.87. The topological polar surface area (TPSA) is 88.4 Å². The molecule has 1 aromatic rings. The average molecular weight is 344 g/mol. The van der Waals surface area contributed by atoms with Gasteiger partial charge in [0.2, 0.25) is 0 Å². The van der Waals surface area contributed by atoms with Gasteiger partial charge in [0.25, 0.3) is 5.91 Å². The molecule has 0 bridgehead atoms. The van der Waals surface area contributed by atoms with Crippen LogP contribution in [-0.2, 0) is 20.7 Å². The molecule has 0 aromatic heterocycles. The summed E-state index contributed by atoms with van der Waals surface area (Å²) in [5.41, 5.74) is 0.361. The number of nitriles is 1. The van der Waals surface area contributed by atoms with Crippen LogP contribution in [0.25, 0.3) is 0 Å². The van der Waals surface area contributed by atoms with Crippen LogP contribution in [-0.4, -0.2) is 30.6 Å². The van der Waals surface area contributed by atoms with E-state index in [9.17, 15) is 14.9 Å². The van der Waals surface area contributed by atoms with E-state index in [1.165, 1.54) is 5.56 Å². The molecular formula is C19H24N2O4. The lowest BCUT2D eigenvalue weighted by Crippen LogP contribution is -2.50. The molecule has 25 heavy (non-hydrogen) atoms. The summed E-state index contributed by atoms with van der Waals surface area (Å²) in [7, 11) is 0. The van der Waals surface area contributed by atoms with Gasteiger partial charge in [-0.05, 0) is 37.0 Å². The molecule has 1 aliphatic rings. The first-order valence-corrected chi connectivity index (χ1v) is 8.66. The van der Waals surface area contributed by atoms with Gasteiger partial charge in [-0.1, -0.05) is 38.3 Å². The van der Waals surface area contributed by atoms with E-state index in [4.69, 9.17) is 9.47 Å². The molecule has 6 nitrogen and oxygen atoms in total. The van der Waals surface area contributed by atoms with E-state index >= 15 is 0 Å². The Morgan fingerprint density at radius 3 is 2.44 bits per heavy atom. The monoisotopic (exact) mass is 344 g/mol. The van der Waals surface area contributed by atoms with E-state index in [1.54, 1.807) is 12.1 Å². The standard InChI is InChI=1S/C19H24N2O4/c1-2-15-6-8-16(9-7-15)24-13-18(23)25-12-17(22)21-19(14-20)10-4-3-5-11-19/h6-9H,2-5,10-13H2,1H3,(H,21,22). The first-order chi connectivity index (χ1) is 12.1. The Balaban J connectivity index is 1.71. The number of esters is 1. The van der Waals surface area contributed by atoms with Crippen molar-refractivity contribution >= 4 is 11.9 Å². The average Bonchev–Trinajstić information content (AvgIpc) is 2.66. The first kappa shape index (κ1) is 18.8. The Labute approximate surface area is 148 Å². The Hall–Kier alpha value is -2.55. The summed E-state index contributed by atoms with van der Waals surface area (Å²) in [4.78, 5) is 23.6. The zero-order chi connectivity index (χ0) is 18.1. The maximum absolute atomic E-state index is 11.9. The van der Waals surface area contributed by atoms with Crippen LogP contribution < -0.4 is 10.1 Å². The fraction of sp³-hybridized carbons (Fsp3) is 0.526. The predicted molar refractivity (Wildman–Crippen MR) is 91.8 cm³/mol. The summed E-state index contributed by atoms with van der Waals surface area (Å²) >= 11 is 0. The van der Waals surface area contributed by atoms with Crippen LogP contribution in [0.4, 0.5) is 0 Å². The summed E-state index contributed by atoms with van der Waals surface area (Å²) < 4.78 is 10.2. The summed E-state index contributed by atoms with van der Waals surface area (Å²) in [5, 5.41) is 12.0. The summed E-state index contributed by atoms with van der Waals surface area (Å²) in [6.45, 7) is 1.39. The highest BCUT2D eigenvalue weighted by Crippen LogP contribution is 2.27. The molecule has 6 heteroatoms. The van der Waals surface area contributed by atoms with Crippen LogP contribution in [0.15, 0.2) is 24.3 Å². The molecule has 0 aliphatic heterocycles. The normalized spacial score (nSPS) is 15.7. The van der Waals surface area contributed by atoms with Crippen LogP contribution in [0.1, 0.15) is 44.6 Å². The molecule has 1 fully saturated rings. The maximum atomic E-state index is 11.9. The highest BCUT2D eigenvalue weighted by Gasteiger charge is 2.33. The third-order valence-corrected chi connectivity index (χ3v) is 4.35. The highest BCUT2D eigenvalue weighted by molar-refractivity contribution is 5.81. The number of hydrogen-bond acceptors (Lipinski definition) is 5. The van der Waals surface area contributed by atoms with Crippen LogP contribution in [0.2, 0.25) is 0 Å². The second-order valence-corrected chi connectivity index (χ2v) is 6.25. The van der Waals surface area contributed by atoms with E-state index in [1.807, 2.05) is 12.1 Å². The summed E-state index contributed by atoms with van der Waals surface area (Å²) in [6.07, 6.45) is 5.11. The number of nitrogens with zero attached hydrogens (tertiary/aromatic N) is 1.